The van der Waals surface area contributed by atoms with Crippen LogP contribution < -0.4 is 10.5 Å². The van der Waals surface area contributed by atoms with Crippen molar-refractivity contribution in [3.05, 3.63) is 23.8 Å². The quantitative estimate of drug-likeness (QED) is 0.668. The first-order valence-electron chi connectivity index (χ1n) is 7.82. The summed E-state index contributed by atoms with van der Waals surface area (Å²) in [6.07, 6.45) is 4.74. The third-order valence-corrected chi connectivity index (χ3v) is 4.54. The summed E-state index contributed by atoms with van der Waals surface area (Å²) in [6, 6.07) is 5.72. The maximum absolute atomic E-state index is 12.7. The first-order valence-corrected chi connectivity index (χ1v) is 7.82. The molecule has 2 N–H and O–H groups in total. The summed E-state index contributed by atoms with van der Waals surface area (Å²) in [7, 11) is 1.58. The van der Waals surface area contributed by atoms with Crippen LogP contribution in [0.2, 0.25) is 0 Å². The highest BCUT2D eigenvalue weighted by molar-refractivity contribution is 6.00. The van der Waals surface area contributed by atoms with E-state index in [4.69, 9.17) is 10.5 Å². The van der Waals surface area contributed by atoms with Crippen molar-refractivity contribution in [2.75, 3.05) is 19.4 Å². The van der Waals surface area contributed by atoms with Crippen LogP contribution in [0.3, 0.4) is 0 Å². The SMILES string of the molecule is CCC1CCCCN1C(C)C(=O)c1ccc(OC)c(N)c1. The summed E-state index contributed by atoms with van der Waals surface area (Å²) in [4.78, 5) is 15.1. The molecule has 116 valence electrons. The molecule has 0 amide bonds. The number of hydrogen-bond acceptors (Lipinski definition) is 4. The molecular weight excluding hydrogens is 264 g/mol. The summed E-state index contributed by atoms with van der Waals surface area (Å²) < 4.78 is 5.14. The predicted octanol–water partition coefficient (Wildman–Crippen LogP) is 3.11. The van der Waals surface area contributed by atoms with E-state index in [1.54, 1.807) is 25.3 Å². The van der Waals surface area contributed by atoms with Crippen LogP contribution in [0.4, 0.5) is 5.69 Å². The Balaban J connectivity index is 2.16. The lowest BCUT2D eigenvalue weighted by Gasteiger charge is -2.38. The molecule has 1 aliphatic rings. The smallest absolute Gasteiger partial charge is 0.179 e. The van der Waals surface area contributed by atoms with E-state index in [0.717, 1.165) is 13.0 Å². The monoisotopic (exact) mass is 290 g/mol. The molecule has 1 aliphatic heterocycles. The molecule has 1 heterocycles. The van der Waals surface area contributed by atoms with Crippen molar-refractivity contribution >= 4 is 11.5 Å². The van der Waals surface area contributed by atoms with Gasteiger partial charge in [0.05, 0.1) is 18.8 Å². The van der Waals surface area contributed by atoms with Gasteiger partial charge in [-0.3, -0.25) is 9.69 Å². The topological polar surface area (TPSA) is 55.6 Å². The fourth-order valence-corrected chi connectivity index (χ4v) is 3.25. The van der Waals surface area contributed by atoms with E-state index in [0.29, 0.717) is 23.0 Å². The lowest BCUT2D eigenvalue weighted by molar-refractivity contribution is 0.0661. The zero-order valence-electron chi connectivity index (χ0n) is 13.3. The second-order valence-corrected chi connectivity index (χ2v) is 5.79. The Labute approximate surface area is 127 Å². The molecule has 4 heteroatoms. The van der Waals surface area contributed by atoms with Crippen LogP contribution in [0.5, 0.6) is 5.75 Å². The second-order valence-electron chi connectivity index (χ2n) is 5.79. The van der Waals surface area contributed by atoms with E-state index in [-0.39, 0.29) is 11.8 Å². The van der Waals surface area contributed by atoms with Crippen molar-refractivity contribution in [1.29, 1.82) is 0 Å². The molecular formula is C17H26N2O2. The van der Waals surface area contributed by atoms with E-state index in [1.165, 1.54) is 19.3 Å². The molecule has 0 aromatic heterocycles. The lowest BCUT2D eigenvalue weighted by atomic mass is 9.95. The maximum atomic E-state index is 12.7. The minimum Gasteiger partial charge on any atom is -0.495 e. The minimum absolute atomic E-state index is 0.0944. The molecule has 1 aromatic carbocycles. The molecule has 2 rings (SSSR count). The van der Waals surface area contributed by atoms with E-state index in [1.807, 2.05) is 6.92 Å². The average Bonchev–Trinajstić information content (AvgIpc) is 2.53. The van der Waals surface area contributed by atoms with Gasteiger partial charge in [0, 0.05) is 11.6 Å². The van der Waals surface area contributed by atoms with E-state index in [2.05, 4.69) is 11.8 Å². The number of likely N-dealkylation sites (tertiary alicyclic amines) is 1. The lowest BCUT2D eigenvalue weighted by Crippen LogP contribution is -2.48. The van der Waals surface area contributed by atoms with Crippen molar-refractivity contribution in [3.8, 4) is 5.75 Å². The van der Waals surface area contributed by atoms with Crippen molar-refractivity contribution in [2.24, 2.45) is 0 Å². The summed E-state index contributed by atoms with van der Waals surface area (Å²) in [5.74, 6) is 0.758. The number of benzene rings is 1. The van der Waals surface area contributed by atoms with E-state index in [9.17, 15) is 4.79 Å². The summed E-state index contributed by atoms with van der Waals surface area (Å²) in [5.41, 5.74) is 7.09. The van der Waals surface area contributed by atoms with Crippen LogP contribution in [0.25, 0.3) is 0 Å². The van der Waals surface area contributed by atoms with E-state index >= 15 is 0 Å². The molecule has 21 heavy (non-hydrogen) atoms. The first-order chi connectivity index (χ1) is 10.1. The van der Waals surface area contributed by atoms with Gasteiger partial charge in [0.2, 0.25) is 0 Å². The number of anilines is 1. The first kappa shape index (κ1) is 15.8. The summed E-state index contributed by atoms with van der Waals surface area (Å²) in [6.45, 7) is 5.22. The number of hydrogen-bond donors (Lipinski definition) is 1. The van der Waals surface area contributed by atoms with Gasteiger partial charge in [-0.1, -0.05) is 13.3 Å². The Morgan fingerprint density at radius 2 is 2.24 bits per heavy atom. The van der Waals surface area contributed by atoms with Gasteiger partial charge < -0.3 is 10.5 Å². The number of nitrogens with two attached hydrogens (primary N) is 1. The van der Waals surface area contributed by atoms with Crippen molar-refractivity contribution in [3.63, 3.8) is 0 Å². The van der Waals surface area contributed by atoms with Crippen molar-refractivity contribution in [2.45, 2.75) is 51.6 Å². The molecule has 0 bridgehead atoms. The Hall–Kier alpha value is -1.55. The molecule has 2 unspecified atom stereocenters. The Morgan fingerprint density at radius 3 is 2.86 bits per heavy atom. The number of rotatable bonds is 5. The van der Waals surface area contributed by atoms with Gasteiger partial charge in [-0.15, -0.1) is 0 Å². The highest BCUT2D eigenvalue weighted by Crippen LogP contribution is 2.26. The zero-order valence-corrected chi connectivity index (χ0v) is 13.3. The van der Waals surface area contributed by atoms with Crippen LogP contribution in [0.15, 0.2) is 18.2 Å². The zero-order chi connectivity index (χ0) is 15.4. The number of piperidine rings is 1. The minimum atomic E-state index is -0.0944. The fraction of sp³-hybridized carbons (Fsp3) is 0.588. The predicted molar refractivity (Wildman–Crippen MR) is 85.8 cm³/mol. The molecule has 4 nitrogen and oxygen atoms in total. The summed E-state index contributed by atoms with van der Waals surface area (Å²) in [5, 5.41) is 0. The number of nitrogens with zero attached hydrogens (tertiary/aromatic N) is 1. The molecule has 1 aromatic rings. The third kappa shape index (κ3) is 3.38. The van der Waals surface area contributed by atoms with Gasteiger partial charge in [0.15, 0.2) is 5.78 Å². The molecule has 1 fully saturated rings. The van der Waals surface area contributed by atoms with Crippen LogP contribution >= 0.6 is 0 Å². The molecule has 0 aliphatic carbocycles. The van der Waals surface area contributed by atoms with Crippen LogP contribution in [0, 0.1) is 0 Å². The number of carbonyl (C=O) groups excluding carboxylic acids is 1. The van der Waals surface area contributed by atoms with Gasteiger partial charge in [-0.05, 0) is 50.9 Å². The number of carbonyl (C=O) groups is 1. The van der Waals surface area contributed by atoms with E-state index < -0.39 is 0 Å². The highest BCUT2D eigenvalue weighted by Gasteiger charge is 2.29. The molecule has 0 spiro atoms. The van der Waals surface area contributed by atoms with Gasteiger partial charge >= 0.3 is 0 Å². The molecule has 1 saturated heterocycles. The van der Waals surface area contributed by atoms with Crippen LogP contribution in [-0.4, -0.2) is 36.4 Å². The van der Waals surface area contributed by atoms with Crippen molar-refractivity contribution < 1.29 is 9.53 Å². The average molecular weight is 290 g/mol. The van der Waals surface area contributed by atoms with Crippen LogP contribution in [0.1, 0.15) is 49.9 Å². The number of methoxy groups -OCH3 is 1. The third-order valence-electron chi connectivity index (χ3n) is 4.54. The Kier molecular flexibility index (Phi) is 5.23. The van der Waals surface area contributed by atoms with Gasteiger partial charge in [0.1, 0.15) is 5.75 Å². The molecule has 0 radical (unpaired) electrons. The van der Waals surface area contributed by atoms with Gasteiger partial charge in [-0.25, -0.2) is 0 Å². The Bertz CT molecular complexity index is 502. The molecule has 0 saturated carbocycles. The van der Waals surface area contributed by atoms with Crippen molar-refractivity contribution in [1.82, 2.24) is 4.90 Å². The highest BCUT2D eigenvalue weighted by atomic mass is 16.5. The number of ketones is 1. The van der Waals surface area contributed by atoms with Gasteiger partial charge in [-0.2, -0.15) is 0 Å². The Morgan fingerprint density at radius 1 is 1.48 bits per heavy atom. The standard InChI is InChI=1S/C17H26N2O2/c1-4-14-7-5-6-10-19(14)12(2)17(20)13-8-9-16(21-3)15(18)11-13/h8-9,11-12,14H,4-7,10,18H2,1-3H3. The number of nitrogen functional groups attached to an aromatic ring is 1. The molecule has 2 atom stereocenters. The maximum Gasteiger partial charge on any atom is 0.179 e. The summed E-state index contributed by atoms with van der Waals surface area (Å²) >= 11 is 0. The fourth-order valence-electron chi connectivity index (χ4n) is 3.25. The largest absolute Gasteiger partial charge is 0.495 e. The number of ether oxygens (including phenoxy) is 1. The van der Waals surface area contributed by atoms with Gasteiger partial charge in [0.25, 0.3) is 0 Å². The normalized spacial score (nSPS) is 21.0. The second kappa shape index (κ2) is 6.94. The van der Waals surface area contributed by atoms with Crippen LogP contribution in [-0.2, 0) is 0 Å². The number of Topliss-reactive ketones (excluding diaryl/α,β-unsaturated/α-hetero) is 1.